The third-order valence-corrected chi connectivity index (χ3v) is 2.40. The van der Waals surface area contributed by atoms with E-state index in [-0.39, 0.29) is 0 Å². The van der Waals surface area contributed by atoms with Crippen LogP contribution in [0.2, 0.25) is 0 Å². The predicted molar refractivity (Wildman–Crippen MR) is 58.3 cm³/mol. The largest absolute Gasteiger partial charge is 0.383 e. The van der Waals surface area contributed by atoms with E-state index in [9.17, 15) is 0 Å². The minimum Gasteiger partial charge on any atom is -0.383 e. The maximum Gasteiger partial charge on any atom is 0.145 e. The molecule has 0 unspecified atom stereocenters. The van der Waals surface area contributed by atoms with Gasteiger partial charge in [0.05, 0.1) is 10.9 Å². The standard InChI is InChI=1S/C10H9N5/c1-5-2-3-6-8(14-5)7-9(11)12-4-13-10(7)15-6/h2-4H,1H3,(H3,11,12,13,15). The molecule has 0 saturated carbocycles. The average molecular weight is 199 g/mol. The number of nitrogens with one attached hydrogen (secondary N) is 1. The van der Waals surface area contributed by atoms with Crippen molar-refractivity contribution < 1.29 is 0 Å². The van der Waals surface area contributed by atoms with Crippen LogP contribution in [0.25, 0.3) is 22.1 Å². The van der Waals surface area contributed by atoms with Crippen molar-refractivity contribution in [1.82, 2.24) is 19.9 Å². The minimum atomic E-state index is 0.462. The van der Waals surface area contributed by atoms with E-state index in [1.54, 1.807) is 0 Å². The Morgan fingerprint density at radius 3 is 3.00 bits per heavy atom. The number of hydrogen-bond acceptors (Lipinski definition) is 4. The van der Waals surface area contributed by atoms with Crippen LogP contribution in [0.15, 0.2) is 18.5 Å². The number of hydrogen-bond donors (Lipinski definition) is 2. The van der Waals surface area contributed by atoms with Crippen molar-refractivity contribution in [3.63, 3.8) is 0 Å². The number of aromatic amines is 1. The predicted octanol–water partition coefficient (Wildman–Crippen LogP) is 1.40. The number of aryl methyl sites for hydroxylation is 1. The fraction of sp³-hybridized carbons (Fsp3) is 0.100. The molecule has 0 saturated heterocycles. The van der Waals surface area contributed by atoms with Crippen LogP contribution in [0.3, 0.4) is 0 Å². The summed E-state index contributed by atoms with van der Waals surface area (Å²) in [6.45, 7) is 1.94. The first-order valence-electron chi connectivity index (χ1n) is 4.61. The zero-order valence-electron chi connectivity index (χ0n) is 8.15. The summed E-state index contributed by atoms with van der Waals surface area (Å²) in [7, 11) is 0. The number of aromatic nitrogens is 4. The number of rotatable bonds is 0. The molecule has 3 aromatic rings. The molecule has 0 aliphatic rings. The second-order valence-electron chi connectivity index (χ2n) is 3.46. The number of nitrogens with two attached hydrogens (primary N) is 1. The monoisotopic (exact) mass is 199 g/mol. The summed E-state index contributed by atoms with van der Waals surface area (Å²) in [6, 6.07) is 3.92. The quantitative estimate of drug-likeness (QED) is 0.573. The van der Waals surface area contributed by atoms with Crippen molar-refractivity contribution in [2.75, 3.05) is 5.73 Å². The summed E-state index contributed by atoms with van der Waals surface area (Å²) >= 11 is 0. The molecule has 3 aromatic heterocycles. The first-order chi connectivity index (χ1) is 7.25. The van der Waals surface area contributed by atoms with Crippen LogP contribution in [0.5, 0.6) is 0 Å². The Hall–Kier alpha value is -2.17. The Labute approximate surface area is 85.4 Å². The van der Waals surface area contributed by atoms with Gasteiger partial charge in [0.25, 0.3) is 0 Å². The molecule has 0 aliphatic heterocycles. The van der Waals surface area contributed by atoms with Crippen LogP contribution < -0.4 is 5.73 Å². The smallest absolute Gasteiger partial charge is 0.145 e. The molecule has 3 rings (SSSR count). The van der Waals surface area contributed by atoms with Crippen LogP contribution in [0.4, 0.5) is 5.82 Å². The Bertz CT molecular complexity index is 655. The number of fused-ring (bicyclic) bond motifs is 3. The van der Waals surface area contributed by atoms with Crippen LogP contribution in [0, 0.1) is 6.92 Å². The van der Waals surface area contributed by atoms with Gasteiger partial charge in [0.15, 0.2) is 0 Å². The van der Waals surface area contributed by atoms with Crippen molar-refractivity contribution >= 4 is 27.9 Å². The molecule has 0 spiro atoms. The summed E-state index contributed by atoms with van der Waals surface area (Å²) in [5, 5.41) is 0.802. The Balaban J connectivity index is 2.61. The van der Waals surface area contributed by atoms with E-state index < -0.39 is 0 Å². The lowest BCUT2D eigenvalue weighted by atomic mass is 10.3. The Morgan fingerprint density at radius 2 is 2.13 bits per heavy atom. The van der Waals surface area contributed by atoms with Gasteiger partial charge in [-0.1, -0.05) is 0 Å². The van der Waals surface area contributed by atoms with Gasteiger partial charge in [-0.2, -0.15) is 0 Å². The molecule has 3 N–H and O–H groups in total. The second kappa shape index (κ2) is 2.66. The van der Waals surface area contributed by atoms with E-state index in [1.165, 1.54) is 6.33 Å². The van der Waals surface area contributed by atoms with Crippen molar-refractivity contribution in [3.05, 3.63) is 24.2 Å². The number of H-pyrrole nitrogens is 1. The fourth-order valence-corrected chi connectivity index (χ4v) is 1.70. The molecule has 0 aliphatic carbocycles. The number of anilines is 1. The van der Waals surface area contributed by atoms with Crippen molar-refractivity contribution in [1.29, 1.82) is 0 Å². The van der Waals surface area contributed by atoms with Crippen molar-refractivity contribution in [2.24, 2.45) is 0 Å². The summed E-state index contributed by atoms with van der Waals surface area (Å²) in [5.41, 5.74) is 9.26. The van der Waals surface area contributed by atoms with Gasteiger partial charge in [-0.05, 0) is 19.1 Å². The number of nitrogens with zero attached hydrogens (tertiary/aromatic N) is 3. The van der Waals surface area contributed by atoms with Gasteiger partial charge < -0.3 is 10.7 Å². The van der Waals surface area contributed by atoms with E-state index >= 15 is 0 Å². The molecule has 0 atom stereocenters. The third kappa shape index (κ3) is 1.06. The van der Waals surface area contributed by atoms with Gasteiger partial charge in [-0.25, -0.2) is 9.97 Å². The van der Waals surface area contributed by atoms with Crippen LogP contribution in [-0.4, -0.2) is 19.9 Å². The molecular formula is C10H9N5. The summed E-state index contributed by atoms with van der Waals surface area (Å²) in [6.07, 6.45) is 1.44. The van der Waals surface area contributed by atoms with Crippen LogP contribution >= 0.6 is 0 Å². The topological polar surface area (TPSA) is 80.5 Å². The first kappa shape index (κ1) is 8.16. The minimum absolute atomic E-state index is 0.462. The van der Waals surface area contributed by atoms with Crippen molar-refractivity contribution in [3.8, 4) is 0 Å². The summed E-state index contributed by atoms with van der Waals surface area (Å²) < 4.78 is 0. The Morgan fingerprint density at radius 1 is 1.27 bits per heavy atom. The summed E-state index contributed by atoms with van der Waals surface area (Å²) in [4.78, 5) is 15.7. The van der Waals surface area contributed by atoms with Gasteiger partial charge in [-0.3, -0.25) is 4.98 Å². The zero-order chi connectivity index (χ0) is 10.4. The molecule has 0 aromatic carbocycles. The second-order valence-corrected chi connectivity index (χ2v) is 3.46. The lowest BCUT2D eigenvalue weighted by Gasteiger charge is -1.94. The van der Waals surface area contributed by atoms with Gasteiger partial charge in [0, 0.05) is 5.69 Å². The lowest BCUT2D eigenvalue weighted by Crippen LogP contribution is -1.92. The molecule has 5 nitrogen and oxygen atoms in total. The molecule has 74 valence electrons. The molecule has 0 bridgehead atoms. The number of nitrogen functional groups attached to an aromatic ring is 1. The highest BCUT2D eigenvalue weighted by atomic mass is 15.0. The summed E-state index contributed by atoms with van der Waals surface area (Å²) in [5.74, 6) is 0.462. The zero-order valence-corrected chi connectivity index (χ0v) is 8.15. The van der Waals surface area contributed by atoms with E-state index in [0.29, 0.717) is 5.82 Å². The van der Waals surface area contributed by atoms with E-state index in [4.69, 9.17) is 5.73 Å². The number of pyridine rings is 1. The van der Waals surface area contributed by atoms with E-state index in [2.05, 4.69) is 19.9 Å². The van der Waals surface area contributed by atoms with E-state index in [0.717, 1.165) is 27.8 Å². The molecule has 3 heterocycles. The third-order valence-electron chi connectivity index (χ3n) is 2.40. The van der Waals surface area contributed by atoms with Gasteiger partial charge in [0.2, 0.25) is 0 Å². The normalized spacial score (nSPS) is 11.3. The van der Waals surface area contributed by atoms with Gasteiger partial charge >= 0.3 is 0 Å². The van der Waals surface area contributed by atoms with Crippen LogP contribution in [-0.2, 0) is 0 Å². The molecule has 0 fully saturated rings. The molecular weight excluding hydrogens is 190 g/mol. The lowest BCUT2D eigenvalue weighted by molar-refractivity contribution is 1.21. The highest BCUT2D eigenvalue weighted by Crippen LogP contribution is 2.25. The maximum absolute atomic E-state index is 5.81. The molecule has 15 heavy (non-hydrogen) atoms. The van der Waals surface area contributed by atoms with E-state index in [1.807, 2.05) is 19.1 Å². The van der Waals surface area contributed by atoms with Crippen LogP contribution in [0.1, 0.15) is 5.69 Å². The molecule has 0 amide bonds. The highest BCUT2D eigenvalue weighted by molar-refractivity contribution is 6.08. The average Bonchev–Trinajstić information content (AvgIpc) is 2.57. The highest BCUT2D eigenvalue weighted by Gasteiger charge is 2.09. The molecule has 0 radical (unpaired) electrons. The first-order valence-corrected chi connectivity index (χ1v) is 4.61. The molecule has 5 heteroatoms. The SMILES string of the molecule is Cc1ccc2[nH]c3ncnc(N)c3c2n1. The van der Waals surface area contributed by atoms with Crippen molar-refractivity contribution in [2.45, 2.75) is 6.92 Å². The maximum atomic E-state index is 5.81. The van der Waals surface area contributed by atoms with Gasteiger partial charge in [0.1, 0.15) is 23.3 Å². The van der Waals surface area contributed by atoms with Gasteiger partial charge in [-0.15, -0.1) is 0 Å². The fourth-order valence-electron chi connectivity index (χ4n) is 1.70. The Kier molecular flexibility index (Phi) is 1.45.